The van der Waals surface area contributed by atoms with Gasteiger partial charge in [0.25, 0.3) is 5.91 Å². The molecule has 0 aliphatic carbocycles. The van der Waals surface area contributed by atoms with Crippen molar-refractivity contribution in [3.63, 3.8) is 0 Å². The molecule has 0 unspecified atom stereocenters. The standard InChI is InChI=1S/C23H29FN4O2/c1-3-27(4-2)23(30)18-6-5-7-20(16-18)25-22(29)17-26-12-14-28(15-13-26)21-10-8-19(24)9-11-21/h5-11,16H,3-4,12-15,17H2,1-2H3,(H,25,29). The van der Waals surface area contributed by atoms with Gasteiger partial charge in [-0.25, -0.2) is 4.39 Å². The zero-order chi connectivity index (χ0) is 21.5. The Labute approximate surface area is 177 Å². The van der Waals surface area contributed by atoms with Crippen molar-refractivity contribution in [1.29, 1.82) is 0 Å². The van der Waals surface area contributed by atoms with E-state index in [-0.39, 0.29) is 17.6 Å². The Bertz CT molecular complexity index is 860. The minimum Gasteiger partial charge on any atom is -0.369 e. The summed E-state index contributed by atoms with van der Waals surface area (Å²) in [4.78, 5) is 31.0. The zero-order valence-electron chi connectivity index (χ0n) is 17.6. The first-order chi connectivity index (χ1) is 14.5. The van der Waals surface area contributed by atoms with Crippen LogP contribution in [0.5, 0.6) is 0 Å². The van der Waals surface area contributed by atoms with Crippen molar-refractivity contribution >= 4 is 23.2 Å². The molecule has 2 aromatic rings. The van der Waals surface area contributed by atoms with Crippen LogP contribution < -0.4 is 10.2 Å². The maximum absolute atomic E-state index is 13.1. The van der Waals surface area contributed by atoms with Crippen LogP contribution in [0.3, 0.4) is 0 Å². The highest BCUT2D eigenvalue weighted by Crippen LogP contribution is 2.17. The van der Waals surface area contributed by atoms with Crippen LogP contribution in [0.15, 0.2) is 48.5 Å². The highest BCUT2D eigenvalue weighted by Gasteiger charge is 2.20. The minimum atomic E-state index is -0.239. The first-order valence-corrected chi connectivity index (χ1v) is 10.4. The number of carbonyl (C=O) groups excluding carboxylic acids is 2. The van der Waals surface area contributed by atoms with E-state index in [1.807, 2.05) is 13.8 Å². The number of nitrogens with one attached hydrogen (secondary N) is 1. The van der Waals surface area contributed by atoms with E-state index in [9.17, 15) is 14.0 Å². The topological polar surface area (TPSA) is 55.9 Å². The van der Waals surface area contributed by atoms with E-state index in [4.69, 9.17) is 0 Å². The number of rotatable bonds is 7. The van der Waals surface area contributed by atoms with Gasteiger partial charge in [-0.15, -0.1) is 0 Å². The third-order valence-electron chi connectivity index (χ3n) is 5.38. The van der Waals surface area contributed by atoms with Gasteiger partial charge >= 0.3 is 0 Å². The molecular weight excluding hydrogens is 383 g/mol. The van der Waals surface area contributed by atoms with Gasteiger partial charge in [0, 0.05) is 56.2 Å². The molecule has 2 amide bonds. The molecule has 1 aliphatic rings. The molecule has 0 spiro atoms. The fourth-order valence-corrected chi connectivity index (χ4v) is 3.64. The zero-order valence-corrected chi connectivity index (χ0v) is 17.6. The summed E-state index contributed by atoms with van der Waals surface area (Å²) in [6.07, 6.45) is 0. The molecule has 0 aromatic heterocycles. The smallest absolute Gasteiger partial charge is 0.253 e. The van der Waals surface area contributed by atoms with Crippen molar-refractivity contribution < 1.29 is 14.0 Å². The summed E-state index contributed by atoms with van der Waals surface area (Å²) in [6.45, 7) is 8.57. The molecule has 0 bridgehead atoms. The average Bonchev–Trinajstić information content (AvgIpc) is 2.76. The van der Waals surface area contributed by atoms with Crippen LogP contribution in [-0.4, -0.2) is 67.4 Å². The molecule has 1 fully saturated rings. The fraction of sp³-hybridized carbons (Fsp3) is 0.391. The maximum atomic E-state index is 13.1. The van der Waals surface area contributed by atoms with Crippen molar-refractivity contribution in [1.82, 2.24) is 9.80 Å². The summed E-state index contributed by atoms with van der Waals surface area (Å²) in [7, 11) is 0. The molecule has 160 valence electrons. The minimum absolute atomic E-state index is 0.0342. The van der Waals surface area contributed by atoms with E-state index in [0.717, 1.165) is 31.9 Å². The van der Waals surface area contributed by atoms with Crippen molar-refractivity contribution in [2.45, 2.75) is 13.8 Å². The second kappa shape index (κ2) is 10.2. The molecule has 0 radical (unpaired) electrons. The number of carbonyl (C=O) groups is 2. The van der Waals surface area contributed by atoms with E-state index in [0.29, 0.717) is 30.9 Å². The molecule has 2 aromatic carbocycles. The van der Waals surface area contributed by atoms with Gasteiger partial charge in [0.15, 0.2) is 0 Å². The van der Waals surface area contributed by atoms with Crippen LogP contribution in [0, 0.1) is 5.82 Å². The third-order valence-corrected chi connectivity index (χ3v) is 5.38. The average molecular weight is 413 g/mol. The number of nitrogens with zero attached hydrogens (tertiary/aromatic N) is 3. The van der Waals surface area contributed by atoms with Gasteiger partial charge in [-0.05, 0) is 56.3 Å². The van der Waals surface area contributed by atoms with E-state index in [2.05, 4.69) is 15.1 Å². The Morgan fingerprint density at radius 2 is 1.67 bits per heavy atom. The molecule has 3 rings (SSSR count). The summed E-state index contributed by atoms with van der Waals surface area (Å²) in [6, 6.07) is 13.6. The maximum Gasteiger partial charge on any atom is 0.253 e. The molecule has 6 nitrogen and oxygen atoms in total. The van der Waals surface area contributed by atoms with Crippen LogP contribution in [0.1, 0.15) is 24.2 Å². The number of hydrogen-bond donors (Lipinski definition) is 1. The molecule has 0 atom stereocenters. The number of piperazine rings is 1. The van der Waals surface area contributed by atoms with Crippen molar-refractivity contribution in [3.8, 4) is 0 Å². The number of benzene rings is 2. The van der Waals surface area contributed by atoms with Crippen molar-refractivity contribution in [2.75, 3.05) is 56.0 Å². The van der Waals surface area contributed by atoms with Crippen LogP contribution in [0.2, 0.25) is 0 Å². The van der Waals surface area contributed by atoms with Gasteiger partial charge in [0.1, 0.15) is 5.82 Å². The Balaban J connectivity index is 1.51. The summed E-state index contributed by atoms with van der Waals surface area (Å²) in [5, 5.41) is 2.90. The predicted octanol–water partition coefficient (Wildman–Crippen LogP) is 3.07. The van der Waals surface area contributed by atoms with E-state index < -0.39 is 0 Å². The summed E-state index contributed by atoms with van der Waals surface area (Å²) in [5.41, 5.74) is 2.20. The van der Waals surface area contributed by atoms with Gasteiger partial charge in [0.05, 0.1) is 6.54 Å². The largest absolute Gasteiger partial charge is 0.369 e. The monoisotopic (exact) mass is 412 g/mol. The van der Waals surface area contributed by atoms with Crippen LogP contribution >= 0.6 is 0 Å². The molecular formula is C23H29FN4O2. The van der Waals surface area contributed by atoms with Crippen molar-refractivity contribution in [3.05, 3.63) is 59.9 Å². The number of anilines is 2. The summed E-state index contributed by atoms with van der Waals surface area (Å²) >= 11 is 0. The first kappa shape index (κ1) is 21.8. The van der Waals surface area contributed by atoms with Gasteiger partial charge in [0.2, 0.25) is 5.91 Å². The summed E-state index contributed by atoms with van der Waals surface area (Å²) in [5.74, 6) is -0.373. The Morgan fingerprint density at radius 3 is 2.30 bits per heavy atom. The normalized spacial score (nSPS) is 14.4. The number of halogens is 1. The van der Waals surface area contributed by atoms with Gasteiger partial charge in [-0.3, -0.25) is 14.5 Å². The Hall–Kier alpha value is -2.93. The van der Waals surface area contributed by atoms with E-state index in [1.165, 1.54) is 12.1 Å². The lowest BCUT2D eigenvalue weighted by Crippen LogP contribution is -2.48. The molecule has 1 saturated heterocycles. The van der Waals surface area contributed by atoms with Crippen LogP contribution in [-0.2, 0) is 4.79 Å². The number of hydrogen-bond acceptors (Lipinski definition) is 4. The Morgan fingerprint density at radius 1 is 1.00 bits per heavy atom. The third kappa shape index (κ3) is 5.57. The first-order valence-electron chi connectivity index (χ1n) is 10.4. The SMILES string of the molecule is CCN(CC)C(=O)c1cccc(NC(=O)CN2CCN(c3ccc(F)cc3)CC2)c1. The van der Waals surface area contributed by atoms with Crippen molar-refractivity contribution in [2.24, 2.45) is 0 Å². The second-order valence-electron chi connectivity index (χ2n) is 7.35. The quantitative estimate of drug-likeness (QED) is 0.760. The molecule has 0 saturated carbocycles. The molecule has 30 heavy (non-hydrogen) atoms. The van der Waals surface area contributed by atoms with Gasteiger partial charge < -0.3 is 15.1 Å². The lowest BCUT2D eigenvalue weighted by Gasteiger charge is -2.35. The second-order valence-corrected chi connectivity index (χ2v) is 7.35. The van der Waals surface area contributed by atoms with E-state index in [1.54, 1.807) is 41.3 Å². The highest BCUT2D eigenvalue weighted by atomic mass is 19.1. The predicted molar refractivity (Wildman–Crippen MR) is 117 cm³/mol. The van der Waals surface area contributed by atoms with Gasteiger partial charge in [-0.1, -0.05) is 6.07 Å². The highest BCUT2D eigenvalue weighted by molar-refractivity contribution is 5.97. The summed E-state index contributed by atoms with van der Waals surface area (Å²) < 4.78 is 13.1. The Kier molecular flexibility index (Phi) is 7.41. The van der Waals surface area contributed by atoms with Gasteiger partial charge in [-0.2, -0.15) is 0 Å². The number of amides is 2. The molecule has 1 aliphatic heterocycles. The molecule has 1 N–H and O–H groups in total. The molecule has 7 heteroatoms. The lowest BCUT2D eigenvalue weighted by molar-refractivity contribution is -0.117. The van der Waals surface area contributed by atoms with E-state index >= 15 is 0 Å². The van der Waals surface area contributed by atoms with Crippen LogP contribution in [0.4, 0.5) is 15.8 Å². The molecule has 1 heterocycles. The lowest BCUT2D eigenvalue weighted by atomic mass is 10.1. The fourth-order valence-electron chi connectivity index (χ4n) is 3.64. The van der Waals surface area contributed by atoms with Crippen LogP contribution in [0.25, 0.3) is 0 Å².